The van der Waals surface area contributed by atoms with Gasteiger partial charge in [0.1, 0.15) is 0 Å². The van der Waals surface area contributed by atoms with Crippen LogP contribution >= 0.6 is 0 Å². The third kappa shape index (κ3) is 6.13. The highest BCUT2D eigenvalue weighted by Gasteiger charge is 2.13. The Morgan fingerprint density at radius 2 is 2.10 bits per heavy atom. The number of unbranched alkanes of at least 4 members (excludes halogenated alkanes) is 1. The molecule has 0 N–H and O–H groups in total. The van der Waals surface area contributed by atoms with E-state index in [4.69, 9.17) is 4.74 Å². The molecule has 1 rings (SSSR count). The molecule has 0 fully saturated rings. The highest BCUT2D eigenvalue weighted by molar-refractivity contribution is 5.18. The van der Waals surface area contributed by atoms with Crippen molar-refractivity contribution in [2.24, 2.45) is 5.92 Å². The van der Waals surface area contributed by atoms with Crippen LogP contribution in [-0.2, 0) is 4.74 Å². The molecule has 0 amide bonds. The van der Waals surface area contributed by atoms with E-state index in [2.05, 4.69) is 50.8 Å². The minimum atomic E-state index is 0.521. The fourth-order valence-corrected chi connectivity index (χ4v) is 2.74. The third-order valence-electron chi connectivity index (χ3n) is 4.26. The molecular weight excluding hydrogens is 246 g/mol. The molecule has 2 heteroatoms. The SMILES string of the molecule is CCCCC(CC)COCCCN1C(C)=CC=CC1C. The number of hydrogen-bond acceptors (Lipinski definition) is 2. The predicted octanol–water partition coefficient (Wildman–Crippen LogP) is 4.77. The zero-order chi connectivity index (χ0) is 14.8. The van der Waals surface area contributed by atoms with Gasteiger partial charge in [0.05, 0.1) is 0 Å². The summed E-state index contributed by atoms with van der Waals surface area (Å²) < 4.78 is 5.88. The molecule has 0 aliphatic carbocycles. The molecule has 0 radical (unpaired) electrons. The standard InChI is InChI=1S/C18H33NO/c1-5-7-12-18(6-2)15-20-14-9-13-19-16(3)10-8-11-17(19)4/h8,10-11,16,18H,5-7,9,12-15H2,1-4H3. The Balaban J connectivity index is 2.12. The molecule has 1 aliphatic heterocycles. The Kier molecular flexibility index (Phi) is 8.68. The van der Waals surface area contributed by atoms with Crippen LogP contribution in [0.4, 0.5) is 0 Å². The molecule has 0 aromatic rings. The van der Waals surface area contributed by atoms with E-state index in [9.17, 15) is 0 Å². The van der Waals surface area contributed by atoms with E-state index in [1.165, 1.54) is 31.4 Å². The maximum atomic E-state index is 5.88. The van der Waals surface area contributed by atoms with Crippen LogP contribution in [0.25, 0.3) is 0 Å². The first-order valence-electron chi connectivity index (χ1n) is 8.38. The average Bonchev–Trinajstić information content (AvgIpc) is 2.44. The fourth-order valence-electron chi connectivity index (χ4n) is 2.74. The minimum absolute atomic E-state index is 0.521. The second kappa shape index (κ2) is 10.0. The van der Waals surface area contributed by atoms with E-state index in [0.717, 1.165) is 32.1 Å². The molecule has 2 unspecified atom stereocenters. The molecule has 20 heavy (non-hydrogen) atoms. The van der Waals surface area contributed by atoms with E-state index < -0.39 is 0 Å². The normalized spacial score (nSPS) is 20.1. The van der Waals surface area contributed by atoms with Crippen LogP contribution in [0.1, 0.15) is 59.8 Å². The summed E-state index contributed by atoms with van der Waals surface area (Å²) in [6.07, 6.45) is 12.9. The van der Waals surface area contributed by atoms with Crippen LogP contribution < -0.4 is 0 Å². The van der Waals surface area contributed by atoms with Crippen molar-refractivity contribution in [2.45, 2.75) is 65.8 Å². The summed E-state index contributed by atoms with van der Waals surface area (Å²) in [6.45, 7) is 11.9. The molecule has 2 atom stereocenters. The molecule has 0 aromatic carbocycles. The van der Waals surface area contributed by atoms with Gasteiger partial charge in [-0.3, -0.25) is 0 Å². The average molecular weight is 279 g/mol. The van der Waals surface area contributed by atoms with Crippen LogP contribution in [0.2, 0.25) is 0 Å². The summed E-state index contributed by atoms with van der Waals surface area (Å²) in [5.41, 5.74) is 1.37. The Morgan fingerprint density at radius 1 is 1.30 bits per heavy atom. The van der Waals surface area contributed by atoms with Crippen molar-refractivity contribution in [2.75, 3.05) is 19.8 Å². The number of hydrogen-bond donors (Lipinski definition) is 0. The molecule has 1 heterocycles. The lowest BCUT2D eigenvalue weighted by Gasteiger charge is -2.32. The van der Waals surface area contributed by atoms with Gasteiger partial charge in [-0.1, -0.05) is 45.3 Å². The van der Waals surface area contributed by atoms with Gasteiger partial charge >= 0.3 is 0 Å². The third-order valence-corrected chi connectivity index (χ3v) is 4.26. The maximum Gasteiger partial charge on any atom is 0.0494 e. The number of nitrogens with zero attached hydrogens (tertiary/aromatic N) is 1. The molecule has 0 aromatic heterocycles. The Labute approximate surface area is 125 Å². The lowest BCUT2D eigenvalue weighted by atomic mass is 10.0. The fraction of sp³-hybridized carbons (Fsp3) is 0.778. The largest absolute Gasteiger partial charge is 0.381 e. The van der Waals surface area contributed by atoms with Gasteiger partial charge in [0.25, 0.3) is 0 Å². The van der Waals surface area contributed by atoms with Gasteiger partial charge in [0, 0.05) is 31.5 Å². The summed E-state index contributed by atoms with van der Waals surface area (Å²) in [7, 11) is 0. The summed E-state index contributed by atoms with van der Waals surface area (Å²) in [6, 6.07) is 0.521. The smallest absolute Gasteiger partial charge is 0.0494 e. The second-order valence-electron chi connectivity index (χ2n) is 5.97. The summed E-state index contributed by atoms with van der Waals surface area (Å²) in [5.74, 6) is 0.758. The molecule has 2 nitrogen and oxygen atoms in total. The maximum absolute atomic E-state index is 5.88. The van der Waals surface area contributed by atoms with Crippen LogP contribution in [0, 0.1) is 5.92 Å². The predicted molar refractivity (Wildman–Crippen MR) is 87.8 cm³/mol. The molecule has 0 bridgehead atoms. The Morgan fingerprint density at radius 3 is 2.75 bits per heavy atom. The van der Waals surface area contributed by atoms with Crippen LogP contribution in [0.15, 0.2) is 23.9 Å². The van der Waals surface area contributed by atoms with E-state index in [0.29, 0.717) is 6.04 Å². The highest BCUT2D eigenvalue weighted by atomic mass is 16.5. The van der Waals surface area contributed by atoms with Gasteiger partial charge in [-0.2, -0.15) is 0 Å². The van der Waals surface area contributed by atoms with Gasteiger partial charge in [-0.25, -0.2) is 0 Å². The second-order valence-corrected chi connectivity index (χ2v) is 5.97. The lowest BCUT2D eigenvalue weighted by Crippen LogP contribution is -2.33. The van der Waals surface area contributed by atoms with Crippen molar-refractivity contribution in [1.29, 1.82) is 0 Å². The summed E-state index contributed by atoms with van der Waals surface area (Å²) in [5, 5.41) is 0. The first kappa shape index (κ1) is 17.3. The monoisotopic (exact) mass is 279 g/mol. The first-order valence-corrected chi connectivity index (χ1v) is 8.38. The quantitative estimate of drug-likeness (QED) is 0.534. The van der Waals surface area contributed by atoms with Gasteiger partial charge in [-0.15, -0.1) is 0 Å². The molecular formula is C18H33NO. The van der Waals surface area contributed by atoms with Crippen molar-refractivity contribution in [3.05, 3.63) is 23.9 Å². The van der Waals surface area contributed by atoms with Gasteiger partial charge in [0.15, 0.2) is 0 Å². The van der Waals surface area contributed by atoms with Crippen LogP contribution in [0.3, 0.4) is 0 Å². The zero-order valence-corrected chi connectivity index (χ0v) is 13.9. The number of ether oxygens (including phenoxy) is 1. The number of rotatable bonds is 10. The first-order chi connectivity index (χ1) is 9.69. The van der Waals surface area contributed by atoms with Crippen molar-refractivity contribution in [3.63, 3.8) is 0 Å². The van der Waals surface area contributed by atoms with Crippen molar-refractivity contribution >= 4 is 0 Å². The van der Waals surface area contributed by atoms with Crippen LogP contribution in [0.5, 0.6) is 0 Å². The van der Waals surface area contributed by atoms with Crippen molar-refractivity contribution in [1.82, 2.24) is 4.90 Å². The Hall–Kier alpha value is -0.760. The zero-order valence-electron chi connectivity index (χ0n) is 13.9. The van der Waals surface area contributed by atoms with Gasteiger partial charge in [0.2, 0.25) is 0 Å². The van der Waals surface area contributed by atoms with Crippen molar-refractivity contribution in [3.8, 4) is 0 Å². The van der Waals surface area contributed by atoms with Gasteiger partial charge in [-0.05, 0) is 38.7 Å². The molecule has 0 spiro atoms. The van der Waals surface area contributed by atoms with Crippen LogP contribution in [-0.4, -0.2) is 30.7 Å². The van der Waals surface area contributed by atoms with Crippen molar-refractivity contribution < 1.29 is 4.74 Å². The molecule has 1 aliphatic rings. The Bertz CT molecular complexity index is 309. The van der Waals surface area contributed by atoms with E-state index >= 15 is 0 Å². The van der Waals surface area contributed by atoms with E-state index in [1.807, 2.05) is 0 Å². The van der Waals surface area contributed by atoms with E-state index in [1.54, 1.807) is 0 Å². The molecule has 116 valence electrons. The summed E-state index contributed by atoms with van der Waals surface area (Å²) in [4.78, 5) is 2.46. The minimum Gasteiger partial charge on any atom is -0.381 e. The van der Waals surface area contributed by atoms with Gasteiger partial charge < -0.3 is 9.64 Å². The number of allylic oxidation sites excluding steroid dienone is 3. The lowest BCUT2D eigenvalue weighted by molar-refractivity contribution is 0.0863. The summed E-state index contributed by atoms with van der Waals surface area (Å²) >= 11 is 0. The molecule has 0 saturated carbocycles. The van der Waals surface area contributed by atoms with E-state index in [-0.39, 0.29) is 0 Å². The highest BCUT2D eigenvalue weighted by Crippen LogP contribution is 2.16. The molecule has 0 saturated heterocycles. The topological polar surface area (TPSA) is 12.5 Å².